The van der Waals surface area contributed by atoms with E-state index >= 15 is 0 Å². The van der Waals surface area contributed by atoms with Crippen LogP contribution in [0.2, 0.25) is 0 Å². The summed E-state index contributed by atoms with van der Waals surface area (Å²) in [5, 5.41) is 17.2. The average molecular weight is 314 g/mol. The molecule has 0 aliphatic heterocycles. The van der Waals surface area contributed by atoms with Crippen molar-refractivity contribution in [2.75, 3.05) is 0 Å². The summed E-state index contributed by atoms with van der Waals surface area (Å²) < 4.78 is 39.0. The van der Waals surface area contributed by atoms with Crippen LogP contribution in [0.5, 0.6) is 0 Å². The molecule has 0 unspecified atom stereocenters. The fraction of sp³-hybridized carbons (Fsp3) is 0.0625. The molecule has 0 saturated heterocycles. The Labute approximate surface area is 129 Å². The zero-order valence-electron chi connectivity index (χ0n) is 11.6. The quantitative estimate of drug-likeness (QED) is 0.672. The number of rotatable bonds is 2. The van der Waals surface area contributed by atoms with E-state index in [4.69, 9.17) is 0 Å². The summed E-state index contributed by atoms with van der Waals surface area (Å²) >= 11 is 0. The standard InChI is InChI=1S/C16H9F3N4/c17-16(18,19)12-7-5-11(6-8-12)9-13(10-20)23-15-4-2-1-3-14(15)21-22-23/h1-9H/b13-9-. The van der Waals surface area contributed by atoms with E-state index in [1.54, 1.807) is 24.3 Å². The number of hydrogen-bond acceptors (Lipinski definition) is 3. The molecule has 23 heavy (non-hydrogen) atoms. The van der Waals surface area contributed by atoms with Gasteiger partial charge in [0.25, 0.3) is 0 Å². The Morgan fingerprint density at radius 2 is 1.78 bits per heavy atom. The lowest BCUT2D eigenvalue weighted by atomic mass is 10.1. The highest BCUT2D eigenvalue weighted by Crippen LogP contribution is 2.29. The molecule has 0 atom stereocenters. The van der Waals surface area contributed by atoms with Crippen LogP contribution in [0.15, 0.2) is 48.5 Å². The maximum absolute atomic E-state index is 12.6. The fourth-order valence-electron chi connectivity index (χ4n) is 2.11. The molecule has 7 heteroatoms. The van der Waals surface area contributed by atoms with Gasteiger partial charge >= 0.3 is 6.18 Å². The largest absolute Gasteiger partial charge is 0.416 e. The third kappa shape index (κ3) is 2.92. The smallest absolute Gasteiger partial charge is 0.202 e. The first kappa shape index (κ1) is 14.8. The summed E-state index contributed by atoms with van der Waals surface area (Å²) in [4.78, 5) is 0. The van der Waals surface area contributed by atoms with Crippen LogP contribution in [0.25, 0.3) is 22.8 Å². The average Bonchev–Trinajstić information content (AvgIpc) is 2.96. The Morgan fingerprint density at radius 3 is 2.43 bits per heavy atom. The number of hydrogen-bond donors (Lipinski definition) is 0. The number of para-hydroxylation sites is 1. The summed E-state index contributed by atoms with van der Waals surface area (Å²) in [6.45, 7) is 0. The Hall–Kier alpha value is -3.14. The van der Waals surface area contributed by atoms with Gasteiger partial charge in [-0.3, -0.25) is 0 Å². The van der Waals surface area contributed by atoms with Gasteiger partial charge in [-0.05, 0) is 35.9 Å². The molecular weight excluding hydrogens is 305 g/mol. The van der Waals surface area contributed by atoms with Crippen molar-refractivity contribution in [3.63, 3.8) is 0 Å². The number of alkyl halides is 3. The highest BCUT2D eigenvalue weighted by atomic mass is 19.4. The van der Waals surface area contributed by atoms with E-state index in [1.165, 1.54) is 22.9 Å². The van der Waals surface area contributed by atoms with Crippen molar-refractivity contribution in [2.45, 2.75) is 6.18 Å². The molecule has 0 fully saturated rings. The zero-order valence-corrected chi connectivity index (χ0v) is 11.6. The van der Waals surface area contributed by atoms with Crippen LogP contribution in [0.4, 0.5) is 13.2 Å². The van der Waals surface area contributed by atoms with Gasteiger partial charge in [-0.1, -0.05) is 29.5 Å². The summed E-state index contributed by atoms with van der Waals surface area (Å²) in [7, 11) is 0. The Balaban J connectivity index is 2.01. The molecule has 2 aromatic carbocycles. The van der Waals surface area contributed by atoms with E-state index in [1.807, 2.05) is 6.07 Å². The molecular formula is C16H9F3N4. The molecule has 0 amide bonds. The Kier molecular flexibility index (Phi) is 3.58. The van der Waals surface area contributed by atoms with Gasteiger partial charge in [0.15, 0.2) is 0 Å². The van der Waals surface area contributed by atoms with E-state index in [-0.39, 0.29) is 5.70 Å². The molecule has 0 radical (unpaired) electrons. The Bertz CT molecular complexity index is 915. The monoisotopic (exact) mass is 314 g/mol. The van der Waals surface area contributed by atoms with Gasteiger partial charge in [0.1, 0.15) is 17.3 Å². The highest BCUT2D eigenvalue weighted by molar-refractivity contribution is 5.86. The maximum Gasteiger partial charge on any atom is 0.416 e. The molecule has 0 aliphatic carbocycles. The summed E-state index contributed by atoms with van der Waals surface area (Å²) in [6, 6.07) is 13.6. The van der Waals surface area contributed by atoms with Crippen LogP contribution in [-0.4, -0.2) is 15.0 Å². The molecule has 1 aromatic heterocycles. The van der Waals surface area contributed by atoms with E-state index in [2.05, 4.69) is 10.3 Å². The topological polar surface area (TPSA) is 54.5 Å². The third-order valence-electron chi connectivity index (χ3n) is 3.24. The van der Waals surface area contributed by atoms with Crippen molar-refractivity contribution in [2.24, 2.45) is 0 Å². The lowest BCUT2D eigenvalue weighted by molar-refractivity contribution is -0.137. The van der Waals surface area contributed by atoms with Crippen LogP contribution >= 0.6 is 0 Å². The van der Waals surface area contributed by atoms with Crippen LogP contribution in [0.1, 0.15) is 11.1 Å². The van der Waals surface area contributed by atoms with Gasteiger partial charge in [0, 0.05) is 0 Å². The summed E-state index contributed by atoms with van der Waals surface area (Å²) in [5.41, 5.74) is 1.17. The zero-order chi connectivity index (χ0) is 16.4. The SMILES string of the molecule is N#C/C(=C/c1ccc(C(F)(F)F)cc1)n1nnc2ccccc21. The lowest BCUT2D eigenvalue weighted by Gasteiger charge is -2.06. The number of nitriles is 1. The van der Waals surface area contributed by atoms with Gasteiger partial charge < -0.3 is 0 Å². The summed E-state index contributed by atoms with van der Waals surface area (Å²) in [5.74, 6) is 0. The van der Waals surface area contributed by atoms with E-state index in [9.17, 15) is 18.4 Å². The second kappa shape index (κ2) is 5.57. The van der Waals surface area contributed by atoms with Crippen molar-refractivity contribution < 1.29 is 13.2 Å². The van der Waals surface area contributed by atoms with Crippen molar-refractivity contribution in [1.82, 2.24) is 15.0 Å². The Morgan fingerprint density at radius 1 is 1.09 bits per heavy atom. The minimum atomic E-state index is -4.39. The molecule has 0 aliphatic rings. The first-order chi connectivity index (χ1) is 11.0. The first-order valence-electron chi connectivity index (χ1n) is 6.59. The minimum absolute atomic E-state index is 0.165. The van der Waals surface area contributed by atoms with Crippen molar-refractivity contribution in [1.29, 1.82) is 5.26 Å². The number of nitrogens with zero attached hydrogens (tertiary/aromatic N) is 4. The van der Waals surface area contributed by atoms with Crippen molar-refractivity contribution >= 4 is 22.8 Å². The third-order valence-corrected chi connectivity index (χ3v) is 3.24. The molecule has 0 bridgehead atoms. The van der Waals surface area contributed by atoms with Crippen molar-refractivity contribution in [3.8, 4) is 6.07 Å². The molecule has 1 heterocycles. The van der Waals surface area contributed by atoms with Crippen LogP contribution in [0, 0.1) is 11.3 Å². The van der Waals surface area contributed by atoms with Gasteiger partial charge in [-0.2, -0.15) is 18.4 Å². The molecule has 0 spiro atoms. The molecule has 3 aromatic rings. The number of allylic oxidation sites excluding steroid dienone is 1. The molecule has 114 valence electrons. The van der Waals surface area contributed by atoms with Crippen LogP contribution in [0.3, 0.4) is 0 Å². The van der Waals surface area contributed by atoms with E-state index in [0.29, 0.717) is 16.6 Å². The van der Waals surface area contributed by atoms with Crippen LogP contribution < -0.4 is 0 Å². The molecule has 4 nitrogen and oxygen atoms in total. The number of halogens is 3. The minimum Gasteiger partial charge on any atom is -0.202 e. The molecule has 0 N–H and O–H groups in total. The van der Waals surface area contributed by atoms with Gasteiger partial charge in [-0.15, -0.1) is 5.10 Å². The predicted octanol–water partition coefficient (Wildman–Crippen LogP) is 3.97. The normalized spacial score (nSPS) is 12.3. The van der Waals surface area contributed by atoms with Gasteiger partial charge in [0.05, 0.1) is 11.1 Å². The lowest BCUT2D eigenvalue weighted by Crippen LogP contribution is -2.04. The second-order valence-corrected chi connectivity index (χ2v) is 4.75. The predicted molar refractivity (Wildman–Crippen MR) is 78.8 cm³/mol. The summed E-state index contributed by atoms with van der Waals surface area (Å²) in [6.07, 6.45) is -2.93. The number of aromatic nitrogens is 3. The van der Waals surface area contributed by atoms with Gasteiger partial charge in [0.2, 0.25) is 0 Å². The highest BCUT2D eigenvalue weighted by Gasteiger charge is 2.29. The van der Waals surface area contributed by atoms with E-state index < -0.39 is 11.7 Å². The first-order valence-corrected chi connectivity index (χ1v) is 6.59. The van der Waals surface area contributed by atoms with Crippen molar-refractivity contribution in [3.05, 3.63) is 59.7 Å². The van der Waals surface area contributed by atoms with E-state index in [0.717, 1.165) is 12.1 Å². The van der Waals surface area contributed by atoms with Gasteiger partial charge in [-0.25, -0.2) is 4.68 Å². The van der Waals surface area contributed by atoms with Crippen LogP contribution in [-0.2, 0) is 6.18 Å². The number of benzene rings is 2. The maximum atomic E-state index is 12.6. The fourth-order valence-corrected chi connectivity index (χ4v) is 2.11. The second-order valence-electron chi connectivity index (χ2n) is 4.75. The number of fused-ring (bicyclic) bond motifs is 1. The molecule has 0 saturated carbocycles. The molecule has 3 rings (SSSR count).